The van der Waals surface area contributed by atoms with Gasteiger partial charge in [-0.2, -0.15) is 0 Å². The number of hydrogen-bond donors (Lipinski definition) is 2. The van der Waals surface area contributed by atoms with Gasteiger partial charge in [0.25, 0.3) is 5.91 Å². The minimum absolute atomic E-state index is 0.148. The highest BCUT2D eigenvalue weighted by atomic mass is 32.1. The number of rotatable bonds is 5. The summed E-state index contributed by atoms with van der Waals surface area (Å²) in [5.41, 5.74) is 2.85. The largest absolute Gasteiger partial charge is 0.481 e. The monoisotopic (exact) mass is 345 g/mol. The second-order valence-electron chi connectivity index (χ2n) is 5.84. The Hall–Kier alpha value is -2.18. The second-order valence-corrected chi connectivity index (χ2v) is 6.98. The Morgan fingerprint density at radius 3 is 2.88 bits per heavy atom. The van der Waals surface area contributed by atoms with Crippen LogP contribution in [-0.4, -0.2) is 23.6 Å². The van der Waals surface area contributed by atoms with Crippen molar-refractivity contribution in [1.29, 1.82) is 0 Å². The third-order valence-corrected chi connectivity index (χ3v) is 5.34. The van der Waals surface area contributed by atoms with Gasteiger partial charge in [0, 0.05) is 11.3 Å². The first-order chi connectivity index (χ1) is 11.5. The van der Waals surface area contributed by atoms with Crippen LogP contribution in [0, 0.1) is 6.92 Å². The molecule has 3 rings (SSSR count). The van der Waals surface area contributed by atoms with E-state index in [9.17, 15) is 14.7 Å². The van der Waals surface area contributed by atoms with Crippen LogP contribution in [0.2, 0.25) is 0 Å². The number of ether oxygens (including phenoxy) is 1. The molecule has 2 aromatic rings. The van der Waals surface area contributed by atoms with E-state index < -0.39 is 12.0 Å². The molecule has 5 nitrogen and oxygen atoms in total. The Morgan fingerprint density at radius 1 is 1.38 bits per heavy atom. The van der Waals surface area contributed by atoms with Crippen molar-refractivity contribution >= 4 is 23.2 Å². The fraction of sp³-hybridized carbons (Fsp3) is 0.333. The second kappa shape index (κ2) is 7.15. The predicted molar refractivity (Wildman–Crippen MR) is 91.3 cm³/mol. The summed E-state index contributed by atoms with van der Waals surface area (Å²) >= 11 is 1.46. The van der Waals surface area contributed by atoms with Crippen LogP contribution in [0.15, 0.2) is 30.3 Å². The molecule has 0 saturated carbocycles. The molecule has 126 valence electrons. The molecule has 6 heteroatoms. The average Bonchev–Trinajstić information content (AvgIpc) is 2.98. The number of thiophene rings is 1. The number of carboxylic acids is 1. The Balaban J connectivity index is 1.82. The quantitative estimate of drug-likeness (QED) is 0.873. The highest BCUT2D eigenvalue weighted by Crippen LogP contribution is 2.28. The number of carbonyl (C=O) groups excluding carboxylic acids is 1. The van der Waals surface area contributed by atoms with Crippen molar-refractivity contribution in [1.82, 2.24) is 5.32 Å². The van der Waals surface area contributed by atoms with Gasteiger partial charge < -0.3 is 15.2 Å². The number of amides is 1. The maximum Gasteiger partial charge on any atom is 0.305 e. The van der Waals surface area contributed by atoms with E-state index in [0.29, 0.717) is 18.1 Å². The summed E-state index contributed by atoms with van der Waals surface area (Å²) in [6, 6.07) is 8.82. The minimum Gasteiger partial charge on any atom is -0.481 e. The van der Waals surface area contributed by atoms with Crippen molar-refractivity contribution in [2.45, 2.75) is 32.4 Å². The number of hydrogen-bond acceptors (Lipinski definition) is 4. The maximum atomic E-state index is 12.6. The summed E-state index contributed by atoms with van der Waals surface area (Å²) in [5.74, 6) is -1.17. The lowest BCUT2D eigenvalue weighted by Gasteiger charge is -2.19. The van der Waals surface area contributed by atoms with Crippen molar-refractivity contribution in [2.24, 2.45) is 0 Å². The van der Waals surface area contributed by atoms with E-state index in [0.717, 1.165) is 23.1 Å². The number of carbonyl (C=O) groups is 2. The summed E-state index contributed by atoms with van der Waals surface area (Å²) in [4.78, 5) is 25.6. The average molecular weight is 345 g/mol. The molecule has 1 atom stereocenters. The molecule has 0 saturated heterocycles. The fourth-order valence-electron chi connectivity index (χ4n) is 2.88. The molecule has 1 aliphatic heterocycles. The van der Waals surface area contributed by atoms with Gasteiger partial charge in [0.2, 0.25) is 0 Å². The number of benzene rings is 1. The number of nitrogens with one attached hydrogen (secondary N) is 1. The third kappa shape index (κ3) is 3.66. The maximum absolute atomic E-state index is 12.6. The molecular formula is C18H19NO4S. The molecule has 24 heavy (non-hydrogen) atoms. The lowest BCUT2D eigenvalue weighted by atomic mass is 9.98. The van der Waals surface area contributed by atoms with Crippen LogP contribution in [-0.2, 0) is 22.6 Å². The number of fused-ring (bicyclic) bond motifs is 1. The topological polar surface area (TPSA) is 75.6 Å². The Morgan fingerprint density at radius 2 is 2.17 bits per heavy atom. The van der Waals surface area contributed by atoms with E-state index in [4.69, 9.17) is 4.74 Å². The van der Waals surface area contributed by atoms with Crippen LogP contribution in [0.25, 0.3) is 0 Å². The third-order valence-electron chi connectivity index (χ3n) is 4.10. The number of aryl methyl sites for hydroxylation is 1. The molecule has 1 aromatic heterocycles. The molecule has 1 aliphatic rings. The molecule has 0 bridgehead atoms. The first-order valence-electron chi connectivity index (χ1n) is 7.82. The highest BCUT2D eigenvalue weighted by Gasteiger charge is 2.23. The highest BCUT2D eigenvalue weighted by molar-refractivity contribution is 7.14. The summed E-state index contributed by atoms with van der Waals surface area (Å²) < 4.78 is 5.41. The van der Waals surface area contributed by atoms with E-state index in [1.165, 1.54) is 16.2 Å². The van der Waals surface area contributed by atoms with E-state index >= 15 is 0 Å². The molecule has 0 spiro atoms. The van der Waals surface area contributed by atoms with Gasteiger partial charge in [-0.3, -0.25) is 9.59 Å². The zero-order valence-electron chi connectivity index (χ0n) is 13.4. The lowest BCUT2D eigenvalue weighted by Crippen LogP contribution is -2.30. The SMILES string of the molecule is Cc1ccccc1[C@H](CC(=O)O)NC(=O)c1cc2c(s1)CCOC2. The first-order valence-corrected chi connectivity index (χ1v) is 8.63. The molecule has 0 fully saturated rings. The number of aliphatic carboxylic acids is 1. The molecule has 1 amide bonds. The minimum atomic E-state index is -0.942. The van der Waals surface area contributed by atoms with Gasteiger partial charge in [0.15, 0.2) is 0 Å². The van der Waals surface area contributed by atoms with Crippen LogP contribution < -0.4 is 5.32 Å². The van der Waals surface area contributed by atoms with Crippen molar-refractivity contribution in [3.63, 3.8) is 0 Å². The Kier molecular flexibility index (Phi) is 4.97. The van der Waals surface area contributed by atoms with Gasteiger partial charge in [0.1, 0.15) is 0 Å². The standard InChI is InChI=1S/C18H19NO4S/c1-11-4-2-3-5-13(11)14(9-17(20)21)19-18(22)16-8-12-10-23-7-6-15(12)24-16/h2-5,8,14H,6-7,9-10H2,1H3,(H,19,22)(H,20,21)/t14-/m0/s1. The molecule has 2 heterocycles. The molecular weight excluding hydrogens is 326 g/mol. The zero-order valence-corrected chi connectivity index (χ0v) is 14.2. The summed E-state index contributed by atoms with van der Waals surface area (Å²) in [5, 5.41) is 12.1. The fourth-order valence-corrected chi connectivity index (χ4v) is 3.93. The summed E-state index contributed by atoms with van der Waals surface area (Å²) in [6.45, 7) is 3.13. The van der Waals surface area contributed by atoms with Crippen LogP contribution in [0.5, 0.6) is 0 Å². The van der Waals surface area contributed by atoms with Crippen LogP contribution in [0.3, 0.4) is 0 Å². The molecule has 1 aromatic carbocycles. The normalized spacial score (nSPS) is 14.7. The van der Waals surface area contributed by atoms with Gasteiger partial charge in [0.05, 0.1) is 30.6 Å². The van der Waals surface area contributed by atoms with Gasteiger partial charge in [-0.05, 0) is 29.7 Å². The van der Waals surface area contributed by atoms with E-state index in [1.807, 2.05) is 37.3 Å². The lowest BCUT2D eigenvalue weighted by molar-refractivity contribution is -0.137. The van der Waals surface area contributed by atoms with Crippen molar-refractivity contribution < 1.29 is 19.4 Å². The van der Waals surface area contributed by atoms with Crippen molar-refractivity contribution in [2.75, 3.05) is 6.61 Å². The Labute approximate surface area is 144 Å². The number of carboxylic acid groups (broad SMARTS) is 1. The van der Waals surface area contributed by atoms with Crippen LogP contribution in [0.1, 0.15) is 43.7 Å². The summed E-state index contributed by atoms with van der Waals surface area (Å²) in [7, 11) is 0. The molecule has 0 unspecified atom stereocenters. The van der Waals surface area contributed by atoms with Gasteiger partial charge in [-0.25, -0.2) is 0 Å². The van der Waals surface area contributed by atoms with Gasteiger partial charge in [-0.15, -0.1) is 11.3 Å². The molecule has 0 radical (unpaired) electrons. The van der Waals surface area contributed by atoms with Crippen molar-refractivity contribution in [3.8, 4) is 0 Å². The zero-order chi connectivity index (χ0) is 17.1. The Bertz CT molecular complexity index is 745. The van der Waals surface area contributed by atoms with E-state index in [1.54, 1.807) is 0 Å². The first kappa shape index (κ1) is 16.7. The van der Waals surface area contributed by atoms with E-state index in [2.05, 4.69) is 5.32 Å². The molecule has 0 aliphatic carbocycles. The van der Waals surface area contributed by atoms with Crippen molar-refractivity contribution in [3.05, 3.63) is 56.8 Å². The van der Waals surface area contributed by atoms with Crippen LogP contribution in [0.4, 0.5) is 0 Å². The van der Waals surface area contributed by atoms with E-state index in [-0.39, 0.29) is 12.3 Å². The van der Waals surface area contributed by atoms with Crippen LogP contribution >= 0.6 is 11.3 Å². The predicted octanol–water partition coefficient (Wildman–Crippen LogP) is 3.08. The van der Waals surface area contributed by atoms with Gasteiger partial charge >= 0.3 is 5.97 Å². The smallest absolute Gasteiger partial charge is 0.305 e. The molecule has 2 N–H and O–H groups in total. The van der Waals surface area contributed by atoms with Gasteiger partial charge in [-0.1, -0.05) is 24.3 Å². The summed E-state index contributed by atoms with van der Waals surface area (Å²) in [6.07, 6.45) is 0.675.